The quantitative estimate of drug-likeness (QED) is 0.812. The second-order valence-electron chi connectivity index (χ2n) is 5.61. The number of benzene rings is 1. The van der Waals surface area contributed by atoms with E-state index in [0.717, 1.165) is 18.5 Å². The van der Waals surface area contributed by atoms with Crippen molar-refractivity contribution in [1.29, 1.82) is 0 Å². The molecule has 0 atom stereocenters. The Hall–Kier alpha value is -1.26. The molecule has 21 heavy (non-hydrogen) atoms. The van der Waals surface area contributed by atoms with Gasteiger partial charge in [0.25, 0.3) is 5.91 Å². The SMILES string of the molecule is CCC(CC)(CO)CNc1ccc(Cl)c(C(=O)N(C)C)c1. The number of carbonyl (C=O) groups is 1. The normalized spacial score (nSPS) is 11.3. The largest absolute Gasteiger partial charge is 0.396 e. The number of amides is 1. The van der Waals surface area contributed by atoms with E-state index in [0.29, 0.717) is 17.1 Å². The summed E-state index contributed by atoms with van der Waals surface area (Å²) in [6, 6.07) is 5.33. The van der Waals surface area contributed by atoms with Crippen LogP contribution in [0.1, 0.15) is 37.0 Å². The Labute approximate surface area is 132 Å². The molecule has 4 nitrogen and oxygen atoms in total. The van der Waals surface area contributed by atoms with Crippen LogP contribution in [0.3, 0.4) is 0 Å². The van der Waals surface area contributed by atoms with Gasteiger partial charge in [-0.2, -0.15) is 0 Å². The Bertz CT molecular complexity index is 477. The standard InChI is InChI=1S/C16H25ClN2O2/c1-5-16(6-2,11-20)10-18-12-7-8-14(17)13(9-12)15(21)19(3)4/h7-9,18,20H,5-6,10-11H2,1-4H3. The lowest BCUT2D eigenvalue weighted by molar-refractivity contribution is 0.0828. The molecule has 0 heterocycles. The average Bonchev–Trinajstić information content (AvgIpc) is 2.49. The number of halogens is 1. The van der Waals surface area contributed by atoms with Gasteiger partial charge in [0.1, 0.15) is 0 Å². The number of rotatable bonds is 7. The first-order valence-electron chi connectivity index (χ1n) is 7.25. The number of anilines is 1. The molecular weight excluding hydrogens is 288 g/mol. The number of aliphatic hydroxyl groups excluding tert-OH is 1. The smallest absolute Gasteiger partial charge is 0.254 e. The predicted molar refractivity (Wildman–Crippen MR) is 88.1 cm³/mol. The molecule has 0 aliphatic heterocycles. The van der Waals surface area contributed by atoms with E-state index in [1.54, 1.807) is 26.2 Å². The zero-order chi connectivity index (χ0) is 16.0. The summed E-state index contributed by atoms with van der Waals surface area (Å²) >= 11 is 6.09. The molecule has 0 fully saturated rings. The summed E-state index contributed by atoms with van der Waals surface area (Å²) < 4.78 is 0. The van der Waals surface area contributed by atoms with Crippen LogP contribution in [0.4, 0.5) is 5.69 Å². The summed E-state index contributed by atoms with van der Waals surface area (Å²) in [7, 11) is 3.40. The van der Waals surface area contributed by atoms with E-state index in [9.17, 15) is 9.90 Å². The van der Waals surface area contributed by atoms with Gasteiger partial charge in [-0.1, -0.05) is 25.4 Å². The summed E-state index contributed by atoms with van der Waals surface area (Å²) in [5.74, 6) is -0.122. The van der Waals surface area contributed by atoms with Gasteiger partial charge in [0.15, 0.2) is 0 Å². The summed E-state index contributed by atoms with van der Waals surface area (Å²) in [4.78, 5) is 13.6. The van der Waals surface area contributed by atoms with Crippen LogP contribution in [0.2, 0.25) is 5.02 Å². The third-order valence-corrected chi connectivity index (χ3v) is 4.44. The molecule has 0 aliphatic rings. The van der Waals surface area contributed by atoms with Gasteiger partial charge in [-0.3, -0.25) is 4.79 Å². The van der Waals surface area contributed by atoms with E-state index in [1.165, 1.54) is 4.90 Å². The fourth-order valence-corrected chi connectivity index (χ4v) is 2.31. The van der Waals surface area contributed by atoms with Gasteiger partial charge < -0.3 is 15.3 Å². The third-order valence-electron chi connectivity index (χ3n) is 4.11. The highest BCUT2D eigenvalue weighted by Crippen LogP contribution is 2.27. The molecule has 0 spiro atoms. The van der Waals surface area contributed by atoms with Crippen molar-refractivity contribution < 1.29 is 9.90 Å². The van der Waals surface area contributed by atoms with Gasteiger partial charge in [-0.15, -0.1) is 0 Å². The molecule has 0 aromatic heterocycles. The molecule has 0 bridgehead atoms. The first kappa shape index (κ1) is 17.8. The molecule has 1 aromatic carbocycles. The van der Waals surface area contributed by atoms with Crippen LogP contribution in [0.5, 0.6) is 0 Å². The van der Waals surface area contributed by atoms with Crippen molar-refractivity contribution in [3.63, 3.8) is 0 Å². The lowest BCUT2D eigenvalue weighted by Crippen LogP contribution is -2.32. The van der Waals surface area contributed by atoms with Crippen molar-refractivity contribution in [2.75, 3.05) is 32.6 Å². The second kappa shape index (κ2) is 7.66. The van der Waals surface area contributed by atoms with Gasteiger partial charge in [0.2, 0.25) is 0 Å². The second-order valence-corrected chi connectivity index (χ2v) is 6.02. The molecule has 0 unspecified atom stereocenters. The zero-order valence-corrected chi connectivity index (χ0v) is 14.0. The van der Waals surface area contributed by atoms with Crippen molar-refractivity contribution in [2.45, 2.75) is 26.7 Å². The van der Waals surface area contributed by atoms with Crippen molar-refractivity contribution >= 4 is 23.2 Å². The fourth-order valence-electron chi connectivity index (χ4n) is 2.11. The topological polar surface area (TPSA) is 52.6 Å². The molecule has 1 amide bonds. The van der Waals surface area contributed by atoms with E-state index < -0.39 is 0 Å². The summed E-state index contributed by atoms with van der Waals surface area (Å²) in [6.07, 6.45) is 1.79. The maximum absolute atomic E-state index is 12.1. The Morgan fingerprint density at radius 3 is 2.43 bits per heavy atom. The lowest BCUT2D eigenvalue weighted by Gasteiger charge is -2.30. The third kappa shape index (κ3) is 4.35. The van der Waals surface area contributed by atoms with Gasteiger partial charge in [-0.25, -0.2) is 0 Å². The van der Waals surface area contributed by atoms with E-state index in [-0.39, 0.29) is 17.9 Å². The van der Waals surface area contributed by atoms with E-state index in [2.05, 4.69) is 19.2 Å². The Morgan fingerprint density at radius 1 is 1.33 bits per heavy atom. The van der Waals surface area contributed by atoms with Gasteiger partial charge in [0.05, 0.1) is 17.2 Å². The molecule has 118 valence electrons. The fraction of sp³-hybridized carbons (Fsp3) is 0.562. The molecule has 5 heteroatoms. The molecule has 0 saturated heterocycles. The van der Waals surface area contributed by atoms with Gasteiger partial charge in [-0.05, 0) is 31.0 Å². The van der Waals surface area contributed by atoms with Crippen LogP contribution < -0.4 is 5.32 Å². The molecule has 1 rings (SSSR count). The molecule has 2 N–H and O–H groups in total. The summed E-state index contributed by atoms with van der Waals surface area (Å²) in [6.45, 7) is 4.95. The minimum absolute atomic E-state index is 0.122. The number of aliphatic hydroxyl groups is 1. The summed E-state index contributed by atoms with van der Waals surface area (Å²) in [5, 5.41) is 13.3. The highest BCUT2D eigenvalue weighted by Gasteiger charge is 2.25. The van der Waals surface area contributed by atoms with Crippen LogP contribution in [0.25, 0.3) is 0 Å². The predicted octanol–water partition coefficient (Wildman–Crippen LogP) is 3.25. The van der Waals surface area contributed by atoms with Crippen LogP contribution in [0, 0.1) is 5.41 Å². The number of nitrogens with zero attached hydrogens (tertiary/aromatic N) is 1. The van der Waals surface area contributed by atoms with Crippen molar-refractivity contribution in [3.8, 4) is 0 Å². The maximum Gasteiger partial charge on any atom is 0.254 e. The Morgan fingerprint density at radius 2 is 1.95 bits per heavy atom. The zero-order valence-electron chi connectivity index (χ0n) is 13.2. The first-order valence-corrected chi connectivity index (χ1v) is 7.63. The van der Waals surface area contributed by atoms with Gasteiger partial charge >= 0.3 is 0 Å². The highest BCUT2D eigenvalue weighted by molar-refractivity contribution is 6.34. The Kier molecular flexibility index (Phi) is 6.49. The highest BCUT2D eigenvalue weighted by atomic mass is 35.5. The number of nitrogens with one attached hydrogen (secondary N) is 1. The number of hydrogen-bond donors (Lipinski definition) is 2. The molecule has 0 aliphatic carbocycles. The van der Waals surface area contributed by atoms with E-state index in [4.69, 9.17) is 11.6 Å². The van der Waals surface area contributed by atoms with Crippen molar-refractivity contribution in [2.24, 2.45) is 5.41 Å². The van der Waals surface area contributed by atoms with Crippen LogP contribution >= 0.6 is 11.6 Å². The minimum Gasteiger partial charge on any atom is -0.396 e. The van der Waals surface area contributed by atoms with Crippen LogP contribution in [-0.4, -0.2) is 43.2 Å². The van der Waals surface area contributed by atoms with Gasteiger partial charge in [0, 0.05) is 31.7 Å². The van der Waals surface area contributed by atoms with Crippen LogP contribution in [-0.2, 0) is 0 Å². The van der Waals surface area contributed by atoms with E-state index in [1.807, 2.05) is 6.07 Å². The first-order chi connectivity index (χ1) is 9.89. The molecule has 0 radical (unpaired) electrons. The monoisotopic (exact) mass is 312 g/mol. The number of hydrogen-bond acceptors (Lipinski definition) is 3. The molecule has 0 saturated carbocycles. The molecular formula is C16H25ClN2O2. The summed E-state index contributed by atoms with van der Waals surface area (Å²) in [5.41, 5.74) is 1.18. The average molecular weight is 313 g/mol. The van der Waals surface area contributed by atoms with Crippen LogP contribution in [0.15, 0.2) is 18.2 Å². The number of carbonyl (C=O) groups excluding carboxylic acids is 1. The van der Waals surface area contributed by atoms with Crippen molar-refractivity contribution in [1.82, 2.24) is 4.90 Å². The Balaban J connectivity index is 2.91. The maximum atomic E-state index is 12.1. The lowest BCUT2D eigenvalue weighted by atomic mass is 9.83. The van der Waals surface area contributed by atoms with E-state index >= 15 is 0 Å². The molecule has 1 aromatic rings. The minimum atomic E-state index is -0.134. The van der Waals surface area contributed by atoms with Crippen molar-refractivity contribution in [3.05, 3.63) is 28.8 Å².